The van der Waals surface area contributed by atoms with E-state index in [9.17, 15) is 53.1 Å². The monoisotopic (exact) mass is 1710 g/mol. The normalized spacial score (nSPS) is 17.4. The number of aromatic amines is 3. The number of ketones is 1. The van der Waals surface area contributed by atoms with Gasteiger partial charge >= 0.3 is 18.0 Å². The predicted molar refractivity (Wildman–Crippen MR) is 482 cm³/mol. The number of hydrogen-bond acceptors (Lipinski definition) is 16. The zero-order valence-corrected chi connectivity index (χ0v) is 73.9. The molecule has 0 spiro atoms. The second-order valence-corrected chi connectivity index (χ2v) is 35.9. The standard InChI is InChI=1S/C60H66N4O8.C40H50N8O6/c1-38-17-14-22-43(33-38)54-47-34-39(35-51(65)49-23-15-31-63(49)57(69)45(40-18-10-8-11-19-40)36-52(66)71-59(2,3)4)25-30-48(47)62-55(54)42-26-28-44(29-27-42)61-56(68)50-24-16-32-64(50)58(70)46(41-20-12-9-13-21-41)37-53(67)72-60(5,6)7;1-23(2)34(45-33(50)22-49)38(51)47-18-6-8-31(47)36-41-20-29(43-36)27-14-10-25(11-15-27)26-12-16-28(17-13-26)30-21-42-37(44-30)32-9-7-19-48(32)39(52)35(24(3)4)46-40(53)54-5/h8-14,17-22,25-30,33-34,45-46,49-50,62H,15-16,23-24,31-32,35-37H2,1-7H3,(H,61,68);10-17,20-21,23-24,31-32,34-35,49H,6-9,18-19,22H2,1-5H3,(H,41,43)(H,42,44)(H,45,50)(H,46,53)/t45-,46-,49+,50+;31-,32-,34-,35-/m10/s1. The summed E-state index contributed by atoms with van der Waals surface area (Å²) in [5.41, 5.74) is 12.8. The average molecular weight is 1710 g/mol. The van der Waals surface area contributed by atoms with Gasteiger partial charge in [-0.15, -0.1) is 0 Å². The van der Waals surface area contributed by atoms with Gasteiger partial charge in [-0.1, -0.05) is 185 Å². The molecule has 10 aromatic rings. The number of fused-ring (bicyclic) bond motifs is 1. The highest BCUT2D eigenvalue weighted by Gasteiger charge is 2.44. The first-order valence-electron chi connectivity index (χ1n) is 43.8. The third-order valence-electron chi connectivity index (χ3n) is 23.7. The largest absolute Gasteiger partial charge is 0.460 e. The van der Waals surface area contributed by atoms with Crippen LogP contribution in [-0.4, -0.2) is 184 Å². The number of aliphatic hydroxyl groups is 1. The molecule has 7 amide bonds. The van der Waals surface area contributed by atoms with Crippen molar-refractivity contribution in [3.8, 4) is 56.0 Å². The van der Waals surface area contributed by atoms with Gasteiger partial charge in [0.05, 0.1) is 79.4 Å². The minimum absolute atomic E-state index is 0.0586. The molecule has 4 aliphatic rings. The second kappa shape index (κ2) is 40.0. The van der Waals surface area contributed by atoms with Gasteiger partial charge in [0.25, 0.3) is 0 Å². The third-order valence-corrected chi connectivity index (χ3v) is 23.7. The molecule has 3 aromatic heterocycles. The van der Waals surface area contributed by atoms with Gasteiger partial charge < -0.3 is 69.8 Å². The Labute approximate surface area is 735 Å². The fourth-order valence-electron chi connectivity index (χ4n) is 17.6. The first-order chi connectivity index (χ1) is 60.3. The quantitative estimate of drug-likeness (QED) is 0.0186. The first-order valence-corrected chi connectivity index (χ1v) is 43.8. The molecule has 4 fully saturated rings. The lowest BCUT2D eigenvalue weighted by Gasteiger charge is -2.30. The fourth-order valence-corrected chi connectivity index (χ4v) is 17.6. The molecule has 4 saturated heterocycles. The van der Waals surface area contributed by atoms with Gasteiger partial charge in [0.15, 0.2) is 5.78 Å². The van der Waals surface area contributed by atoms with Crippen molar-refractivity contribution in [1.29, 1.82) is 0 Å². The molecule has 8 atom stereocenters. The predicted octanol–water partition coefficient (Wildman–Crippen LogP) is 15.8. The number of ether oxygens (including phenoxy) is 3. The van der Waals surface area contributed by atoms with E-state index >= 15 is 0 Å². The van der Waals surface area contributed by atoms with E-state index in [4.69, 9.17) is 14.2 Å². The first kappa shape index (κ1) is 90.9. The van der Waals surface area contributed by atoms with Gasteiger partial charge in [-0.25, -0.2) is 14.8 Å². The Morgan fingerprint density at radius 2 is 0.952 bits per heavy atom. The summed E-state index contributed by atoms with van der Waals surface area (Å²) in [4.78, 5) is 161. The third kappa shape index (κ3) is 21.9. The highest BCUT2D eigenvalue weighted by Crippen LogP contribution is 2.42. The van der Waals surface area contributed by atoms with E-state index in [1.54, 1.807) is 73.5 Å². The number of carbonyl (C=O) groups is 10. The van der Waals surface area contributed by atoms with Crippen molar-refractivity contribution in [2.45, 2.75) is 206 Å². The van der Waals surface area contributed by atoms with Crippen molar-refractivity contribution in [3.05, 3.63) is 222 Å². The van der Waals surface area contributed by atoms with Crippen LogP contribution < -0.4 is 16.0 Å². The molecule has 26 nitrogen and oxygen atoms in total. The van der Waals surface area contributed by atoms with E-state index in [0.717, 1.165) is 110 Å². The maximum absolute atomic E-state index is 14.4. The summed E-state index contributed by atoms with van der Waals surface area (Å²) in [7, 11) is 1.29. The van der Waals surface area contributed by atoms with Gasteiger partial charge in [-0.2, -0.15) is 0 Å². The van der Waals surface area contributed by atoms with E-state index in [-0.39, 0.29) is 78.5 Å². The number of esters is 2. The van der Waals surface area contributed by atoms with Crippen molar-refractivity contribution >= 4 is 75.8 Å². The molecule has 7 N–H and O–H groups in total. The number of nitrogens with one attached hydrogen (secondary N) is 6. The lowest BCUT2D eigenvalue weighted by Crippen LogP contribution is -2.51. The molecule has 126 heavy (non-hydrogen) atoms. The number of amides is 7. The number of methoxy groups -OCH3 is 1. The van der Waals surface area contributed by atoms with Crippen LogP contribution in [-0.2, 0) is 63.8 Å². The molecule has 26 heteroatoms. The van der Waals surface area contributed by atoms with Crippen LogP contribution in [0.15, 0.2) is 188 Å². The van der Waals surface area contributed by atoms with Crippen LogP contribution in [0, 0.1) is 18.8 Å². The summed E-state index contributed by atoms with van der Waals surface area (Å²) < 4.78 is 16.0. The number of anilines is 1. The molecular weight excluding hydrogens is 1590 g/mol. The number of alkyl carbamates (subject to hydrolysis) is 1. The molecule has 0 saturated carbocycles. The van der Waals surface area contributed by atoms with Crippen molar-refractivity contribution in [3.63, 3.8) is 0 Å². The van der Waals surface area contributed by atoms with Crippen molar-refractivity contribution in [2.75, 3.05) is 45.2 Å². The molecule has 0 radical (unpaired) electrons. The molecule has 7 aromatic carbocycles. The number of likely N-dealkylation sites (tertiary alicyclic amines) is 4. The fraction of sp³-hybridized carbons (Fsp3) is 0.400. The smallest absolute Gasteiger partial charge is 0.407 e. The van der Waals surface area contributed by atoms with Crippen molar-refractivity contribution < 1.29 is 67.3 Å². The number of Topliss-reactive ketones (excluding diaryl/α,β-unsaturated/α-hetero) is 1. The van der Waals surface area contributed by atoms with E-state index in [0.29, 0.717) is 74.5 Å². The molecule has 7 heterocycles. The van der Waals surface area contributed by atoms with E-state index in [1.165, 1.54) is 7.11 Å². The van der Waals surface area contributed by atoms with Gasteiger partial charge in [0.2, 0.25) is 35.4 Å². The number of aryl methyl sites for hydroxylation is 1. The van der Waals surface area contributed by atoms with Gasteiger partial charge in [0.1, 0.15) is 47.6 Å². The zero-order chi connectivity index (χ0) is 89.8. The summed E-state index contributed by atoms with van der Waals surface area (Å²) in [5.74, 6) is -3.11. The van der Waals surface area contributed by atoms with Crippen LogP contribution >= 0.6 is 0 Å². The molecule has 0 unspecified atom stereocenters. The Balaban J connectivity index is 0.000000225. The molecule has 0 aliphatic carbocycles. The number of hydrogen-bond donors (Lipinski definition) is 7. The highest BCUT2D eigenvalue weighted by atomic mass is 16.6. The lowest BCUT2D eigenvalue weighted by molar-refractivity contribution is -0.158. The summed E-state index contributed by atoms with van der Waals surface area (Å²) >= 11 is 0. The summed E-state index contributed by atoms with van der Waals surface area (Å²) in [6.07, 6.45) is 8.40. The molecule has 4 aliphatic heterocycles. The van der Waals surface area contributed by atoms with Crippen LogP contribution in [0.5, 0.6) is 0 Å². The Morgan fingerprint density at radius 3 is 1.43 bits per heavy atom. The molecule has 660 valence electrons. The van der Waals surface area contributed by atoms with Gasteiger partial charge in [-0.3, -0.25) is 43.2 Å². The van der Waals surface area contributed by atoms with Crippen LogP contribution in [0.4, 0.5) is 10.5 Å². The topological polar surface area (TPSA) is 341 Å². The van der Waals surface area contributed by atoms with Crippen molar-refractivity contribution in [1.82, 2.24) is 55.2 Å². The highest BCUT2D eigenvalue weighted by molar-refractivity contribution is 6.06. The number of imidazole rings is 2. The van der Waals surface area contributed by atoms with Crippen LogP contribution in [0.25, 0.3) is 66.9 Å². The Bertz CT molecular complexity index is 5410. The molecule has 0 bridgehead atoms. The van der Waals surface area contributed by atoms with E-state index in [2.05, 4.69) is 83.3 Å². The van der Waals surface area contributed by atoms with Gasteiger partial charge in [0, 0.05) is 54.8 Å². The number of rotatable bonds is 27. The lowest BCUT2D eigenvalue weighted by atomic mass is 9.92. The van der Waals surface area contributed by atoms with E-state index < -0.39 is 77.8 Å². The average Bonchev–Trinajstić information content (AvgIpc) is 1.61. The van der Waals surface area contributed by atoms with Crippen molar-refractivity contribution in [2.24, 2.45) is 11.8 Å². The number of nitrogens with zero attached hydrogens (tertiary/aromatic N) is 6. The summed E-state index contributed by atoms with van der Waals surface area (Å²) in [5, 5.41) is 18.6. The summed E-state index contributed by atoms with van der Waals surface area (Å²) in [6, 6.07) is 53.5. The molecule has 14 rings (SSSR count). The minimum Gasteiger partial charge on any atom is -0.460 e. The number of benzene rings is 7. The number of aliphatic hydroxyl groups excluding tert-OH is 1. The molecular formula is C100H116N12O14. The minimum atomic E-state index is -0.797. The Kier molecular flexibility index (Phi) is 28.8. The van der Waals surface area contributed by atoms with Crippen LogP contribution in [0.1, 0.15) is 191 Å². The Morgan fingerprint density at radius 1 is 0.492 bits per heavy atom. The van der Waals surface area contributed by atoms with Gasteiger partial charge in [-0.05, 0) is 186 Å². The van der Waals surface area contributed by atoms with Crippen LogP contribution in [0.3, 0.4) is 0 Å². The number of carbonyl (C=O) groups excluding carboxylic acids is 10. The SMILES string of the molecule is COC(=O)N[C@H](C(=O)N1CCC[C@H]1c1ncc(-c2ccc(-c3ccc(-c4cnc([C@@H]5CCCN5C(=O)[C@@H](NC(=O)CO)C(C)C)[nH]4)cc3)cc2)[nH]1)C(C)C.Cc1cccc(-c2c(-c3ccc(NC(=O)[C@@H]4CCCN4C(=O)[C@H](CC(=O)OC(C)(C)C)c4ccccc4)cc3)[nH]c3ccc(CC(=O)[C@@H]4CCCN4C(=O)[C@H](CC(=O)OC(C)(C)C)c4ccccc4)cc23)c1. The Hall–Kier alpha value is -12.8. The maximum Gasteiger partial charge on any atom is 0.407 e. The number of aromatic nitrogens is 5. The van der Waals surface area contributed by atoms with Crippen LogP contribution in [0.2, 0.25) is 0 Å². The van der Waals surface area contributed by atoms with E-state index in [1.807, 2.05) is 168 Å². The summed E-state index contributed by atoms with van der Waals surface area (Å²) in [6.45, 7) is 21.7. The second-order valence-electron chi connectivity index (χ2n) is 35.9. The maximum atomic E-state index is 14.4. The zero-order valence-electron chi connectivity index (χ0n) is 73.9. The number of H-pyrrole nitrogens is 3.